The van der Waals surface area contributed by atoms with Gasteiger partial charge in [0.25, 0.3) is 0 Å². The summed E-state index contributed by atoms with van der Waals surface area (Å²) in [4.78, 5) is 40.7. The van der Waals surface area contributed by atoms with Crippen molar-refractivity contribution in [3.05, 3.63) is 21.1 Å². The van der Waals surface area contributed by atoms with Crippen molar-refractivity contribution in [2.75, 3.05) is 20.2 Å². The van der Waals surface area contributed by atoms with E-state index in [2.05, 4.69) is 15.9 Å². The van der Waals surface area contributed by atoms with Crippen molar-refractivity contribution >= 4 is 55.6 Å². The van der Waals surface area contributed by atoms with E-state index >= 15 is 0 Å². The van der Waals surface area contributed by atoms with Crippen molar-refractivity contribution in [1.29, 1.82) is 0 Å². The molecular weight excluding hydrogens is 512 g/mol. The van der Waals surface area contributed by atoms with Gasteiger partial charge < -0.3 is 19.1 Å². The van der Waals surface area contributed by atoms with Gasteiger partial charge in [0.2, 0.25) is 0 Å². The molecule has 2 aromatic heterocycles. The van der Waals surface area contributed by atoms with Gasteiger partial charge in [0.1, 0.15) is 11.2 Å². The van der Waals surface area contributed by atoms with Crippen LogP contribution in [-0.4, -0.2) is 59.0 Å². The maximum atomic E-state index is 13.0. The molecule has 8 nitrogen and oxygen atoms in total. The average molecular weight is 543 g/mol. The molecule has 1 aliphatic heterocycles. The second-order valence-electron chi connectivity index (χ2n) is 10.1. The number of nitrogens with zero attached hydrogens (tertiary/aromatic N) is 2. The molecule has 0 radical (unpaired) electrons. The Morgan fingerprint density at radius 1 is 1.00 bits per heavy atom. The smallest absolute Gasteiger partial charge is 0.419 e. The van der Waals surface area contributed by atoms with Crippen LogP contribution in [0.4, 0.5) is 9.59 Å². The number of ether oxygens (including phenoxy) is 3. The first kappa shape index (κ1) is 25.6. The lowest BCUT2D eigenvalue weighted by Crippen LogP contribution is -2.41. The molecule has 1 saturated heterocycles. The predicted octanol–water partition coefficient (Wildman–Crippen LogP) is 6.15. The third-order valence-electron chi connectivity index (χ3n) is 5.11. The van der Waals surface area contributed by atoms with Crippen molar-refractivity contribution in [3.8, 4) is 0 Å². The van der Waals surface area contributed by atoms with Gasteiger partial charge in [-0.3, -0.25) is 0 Å². The minimum absolute atomic E-state index is 0.110. The number of halogens is 1. The lowest BCUT2D eigenvalue weighted by molar-refractivity contribution is 0.0205. The third kappa shape index (κ3) is 5.71. The molecule has 0 bridgehead atoms. The Kier molecular flexibility index (Phi) is 7.19. The van der Waals surface area contributed by atoms with Crippen molar-refractivity contribution in [2.24, 2.45) is 0 Å². The highest BCUT2D eigenvalue weighted by molar-refractivity contribution is 9.10. The predicted molar refractivity (Wildman–Crippen MR) is 130 cm³/mol. The van der Waals surface area contributed by atoms with Crippen molar-refractivity contribution in [1.82, 2.24) is 9.47 Å². The summed E-state index contributed by atoms with van der Waals surface area (Å²) < 4.78 is 18.5. The van der Waals surface area contributed by atoms with Crippen LogP contribution in [0.25, 0.3) is 10.2 Å². The number of hydrogen-bond acceptors (Lipinski definition) is 7. The highest BCUT2D eigenvalue weighted by Crippen LogP contribution is 2.42. The molecule has 0 aromatic carbocycles. The molecular formula is C23H31BrN2O6S. The maximum Gasteiger partial charge on any atom is 0.419 e. The van der Waals surface area contributed by atoms with E-state index in [1.54, 1.807) is 25.7 Å². The molecule has 1 fully saturated rings. The number of thiophene rings is 1. The first-order valence-corrected chi connectivity index (χ1v) is 12.5. The highest BCUT2D eigenvalue weighted by atomic mass is 79.9. The van der Waals surface area contributed by atoms with Gasteiger partial charge in [-0.05, 0) is 82.3 Å². The van der Waals surface area contributed by atoms with Crippen LogP contribution in [0, 0.1) is 0 Å². The molecule has 0 N–H and O–H groups in total. The molecule has 0 unspecified atom stereocenters. The van der Waals surface area contributed by atoms with Crippen LogP contribution in [0.5, 0.6) is 0 Å². The van der Waals surface area contributed by atoms with Crippen LogP contribution in [0.2, 0.25) is 0 Å². The standard InChI is InChI=1S/C23H31BrN2O6S/c1-22(2,3)31-20(28)25-10-8-13(9-11-25)15-12-14-18(33-15)16(24)17(19(27)30-7)26(14)21(29)32-23(4,5)6/h12-13H,8-11H2,1-7H3. The Bertz CT molecular complexity index is 1070. The molecule has 10 heteroatoms. The fraction of sp³-hybridized carbons (Fsp3) is 0.609. The van der Waals surface area contributed by atoms with Gasteiger partial charge in [0, 0.05) is 18.0 Å². The minimum Gasteiger partial charge on any atom is -0.464 e. The van der Waals surface area contributed by atoms with Crippen LogP contribution in [0.3, 0.4) is 0 Å². The van der Waals surface area contributed by atoms with Crippen molar-refractivity contribution in [2.45, 2.75) is 71.5 Å². The minimum atomic E-state index is -0.721. The zero-order valence-corrected chi connectivity index (χ0v) is 22.5. The second kappa shape index (κ2) is 9.29. The van der Waals surface area contributed by atoms with Gasteiger partial charge in [0.15, 0.2) is 5.69 Å². The quantitative estimate of drug-likeness (QED) is 0.334. The third-order valence-corrected chi connectivity index (χ3v) is 7.45. The Labute approximate surface area is 206 Å². The normalized spacial score (nSPS) is 15.6. The zero-order valence-electron chi connectivity index (χ0n) is 20.1. The molecule has 3 heterocycles. The number of aromatic nitrogens is 1. The molecule has 0 saturated carbocycles. The van der Waals surface area contributed by atoms with Crippen LogP contribution in [-0.2, 0) is 14.2 Å². The topological polar surface area (TPSA) is 87.1 Å². The number of carbonyl (C=O) groups excluding carboxylic acids is 3. The summed E-state index contributed by atoms with van der Waals surface area (Å²) in [6, 6.07) is 1.94. The van der Waals surface area contributed by atoms with E-state index in [1.165, 1.54) is 23.0 Å². The molecule has 2 aromatic rings. The lowest BCUT2D eigenvalue weighted by atomic mass is 9.95. The summed E-state index contributed by atoms with van der Waals surface area (Å²) in [5.41, 5.74) is -0.532. The molecule has 3 rings (SSSR count). The van der Waals surface area contributed by atoms with Gasteiger partial charge in [-0.2, -0.15) is 0 Å². The van der Waals surface area contributed by atoms with E-state index in [1.807, 2.05) is 26.8 Å². The van der Waals surface area contributed by atoms with Gasteiger partial charge in [-0.25, -0.2) is 19.0 Å². The number of piperidine rings is 1. The van der Waals surface area contributed by atoms with Crippen molar-refractivity contribution in [3.63, 3.8) is 0 Å². The summed E-state index contributed by atoms with van der Waals surface area (Å²) in [5.74, 6) is -0.384. The molecule has 1 aliphatic rings. The molecule has 182 valence electrons. The highest BCUT2D eigenvalue weighted by Gasteiger charge is 2.33. The summed E-state index contributed by atoms with van der Waals surface area (Å²) in [7, 11) is 1.28. The van der Waals surface area contributed by atoms with Gasteiger partial charge in [-0.1, -0.05) is 0 Å². The number of fused-ring (bicyclic) bond motifs is 1. The largest absolute Gasteiger partial charge is 0.464 e. The summed E-state index contributed by atoms with van der Waals surface area (Å²) >= 11 is 5.03. The molecule has 0 spiro atoms. The number of carbonyl (C=O) groups is 3. The van der Waals surface area contributed by atoms with Crippen molar-refractivity contribution < 1.29 is 28.6 Å². The Morgan fingerprint density at radius 3 is 2.06 bits per heavy atom. The first-order valence-electron chi connectivity index (χ1n) is 10.8. The zero-order chi connectivity index (χ0) is 24.7. The van der Waals surface area contributed by atoms with Crippen LogP contribution in [0.15, 0.2) is 10.5 Å². The number of likely N-dealkylation sites (tertiary alicyclic amines) is 1. The Morgan fingerprint density at radius 2 is 1.55 bits per heavy atom. The maximum absolute atomic E-state index is 13.0. The number of hydrogen-bond donors (Lipinski definition) is 0. The summed E-state index contributed by atoms with van der Waals surface area (Å²) in [6.07, 6.45) is 0.647. The van der Waals surface area contributed by atoms with Crippen LogP contribution in [0.1, 0.15) is 75.7 Å². The Hall–Kier alpha value is -2.07. The van der Waals surface area contributed by atoms with Gasteiger partial charge in [-0.15, -0.1) is 11.3 Å². The molecule has 0 aliphatic carbocycles. The lowest BCUT2D eigenvalue weighted by Gasteiger charge is -2.33. The van der Waals surface area contributed by atoms with E-state index in [4.69, 9.17) is 14.2 Å². The van der Waals surface area contributed by atoms with Gasteiger partial charge >= 0.3 is 18.2 Å². The molecule has 0 atom stereocenters. The summed E-state index contributed by atoms with van der Waals surface area (Å²) in [6.45, 7) is 12.1. The molecule has 1 amide bonds. The molecule has 33 heavy (non-hydrogen) atoms. The summed E-state index contributed by atoms with van der Waals surface area (Å²) in [5, 5.41) is 0. The first-order chi connectivity index (χ1) is 15.2. The van der Waals surface area contributed by atoms with E-state index in [0.717, 1.165) is 22.4 Å². The van der Waals surface area contributed by atoms with Gasteiger partial charge in [0.05, 0.1) is 21.8 Å². The van der Waals surface area contributed by atoms with E-state index in [9.17, 15) is 14.4 Å². The SMILES string of the molecule is COC(=O)c1c(Br)c2sc(C3CCN(C(=O)OC(C)(C)C)CC3)cc2n1C(=O)OC(C)(C)C. The van der Waals surface area contributed by atoms with Crippen LogP contribution < -0.4 is 0 Å². The van der Waals surface area contributed by atoms with E-state index < -0.39 is 23.3 Å². The van der Waals surface area contributed by atoms with E-state index in [-0.39, 0.29) is 17.7 Å². The van der Waals surface area contributed by atoms with Crippen LogP contribution >= 0.6 is 27.3 Å². The van der Waals surface area contributed by atoms with E-state index in [0.29, 0.717) is 23.1 Å². The monoisotopic (exact) mass is 542 g/mol. The second-order valence-corrected chi connectivity index (χ2v) is 12.0. The Balaban J connectivity index is 1.88. The number of rotatable bonds is 2. The average Bonchev–Trinajstić information content (AvgIpc) is 3.23. The fourth-order valence-electron chi connectivity index (χ4n) is 3.70. The number of esters is 1. The fourth-order valence-corrected chi connectivity index (χ4v) is 5.73. The number of amides is 1. The number of methoxy groups -OCH3 is 1.